The first-order valence-electron chi connectivity index (χ1n) is 8.28. The third-order valence-electron chi connectivity index (χ3n) is 4.22. The largest absolute Gasteiger partial charge is 0.324 e. The van der Waals surface area contributed by atoms with E-state index in [0.717, 1.165) is 16.7 Å². The molecule has 24 heavy (non-hydrogen) atoms. The minimum atomic E-state index is -0.237. The number of aromatic amines is 1. The summed E-state index contributed by atoms with van der Waals surface area (Å²) in [5.41, 5.74) is 3.17. The molecule has 6 nitrogen and oxygen atoms in total. The maximum absolute atomic E-state index is 12.6. The molecule has 0 saturated heterocycles. The number of nitrogens with one attached hydrogen (secondary N) is 2. The molecule has 1 fully saturated rings. The van der Waals surface area contributed by atoms with Gasteiger partial charge in [-0.1, -0.05) is 12.1 Å². The van der Waals surface area contributed by atoms with Crippen molar-refractivity contribution in [2.75, 3.05) is 5.32 Å². The Morgan fingerprint density at radius 2 is 2.04 bits per heavy atom. The monoisotopic (exact) mass is 323 g/mol. The smallest absolute Gasteiger partial charge is 0.278 e. The van der Waals surface area contributed by atoms with Crippen molar-refractivity contribution in [1.29, 1.82) is 0 Å². The average Bonchev–Trinajstić information content (AvgIpc) is 3.11. The van der Waals surface area contributed by atoms with Crippen LogP contribution in [-0.2, 0) is 5.54 Å². The predicted octanol–water partition coefficient (Wildman–Crippen LogP) is 3.64. The Morgan fingerprint density at radius 1 is 1.29 bits per heavy atom. The molecule has 1 aliphatic rings. The Kier molecular flexibility index (Phi) is 3.23. The van der Waals surface area contributed by atoms with Crippen LogP contribution in [0.25, 0.3) is 11.0 Å². The fourth-order valence-electron chi connectivity index (χ4n) is 2.90. The molecule has 3 aromatic rings. The van der Waals surface area contributed by atoms with Gasteiger partial charge in [0.2, 0.25) is 5.95 Å². The SMILES string of the molecule is CC(C)(C)n1nc(C(=O)Nc2nc3ccccc3[nH]2)cc1C1CC1. The second kappa shape index (κ2) is 5.19. The van der Waals surface area contributed by atoms with Crippen molar-refractivity contribution in [3.63, 3.8) is 0 Å². The lowest BCUT2D eigenvalue weighted by Gasteiger charge is -2.22. The third kappa shape index (κ3) is 2.68. The van der Waals surface area contributed by atoms with E-state index < -0.39 is 0 Å². The van der Waals surface area contributed by atoms with Gasteiger partial charge in [-0.05, 0) is 51.8 Å². The molecule has 4 rings (SSSR count). The van der Waals surface area contributed by atoms with Gasteiger partial charge in [-0.2, -0.15) is 5.10 Å². The highest BCUT2D eigenvalue weighted by Crippen LogP contribution is 2.41. The highest BCUT2D eigenvalue weighted by atomic mass is 16.2. The summed E-state index contributed by atoms with van der Waals surface area (Å²) >= 11 is 0. The molecule has 2 heterocycles. The summed E-state index contributed by atoms with van der Waals surface area (Å²) in [5.74, 6) is 0.739. The summed E-state index contributed by atoms with van der Waals surface area (Å²) in [6.07, 6.45) is 2.35. The van der Waals surface area contributed by atoms with Crippen molar-refractivity contribution in [3.05, 3.63) is 41.7 Å². The summed E-state index contributed by atoms with van der Waals surface area (Å²) in [4.78, 5) is 20.1. The van der Waals surface area contributed by atoms with Crippen molar-refractivity contribution in [2.45, 2.75) is 45.1 Å². The molecule has 1 amide bonds. The van der Waals surface area contributed by atoms with Crippen LogP contribution >= 0.6 is 0 Å². The summed E-state index contributed by atoms with van der Waals surface area (Å²) in [6.45, 7) is 6.31. The van der Waals surface area contributed by atoms with Crippen LogP contribution in [0.1, 0.15) is 55.7 Å². The van der Waals surface area contributed by atoms with Crippen LogP contribution in [0.2, 0.25) is 0 Å². The minimum Gasteiger partial charge on any atom is -0.324 e. The van der Waals surface area contributed by atoms with E-state index in [4.69, 9.17) is 0 Å². The molecule has 2 aromatic heterocycles. The topological polar surface area (TPSA) is 75.6 Å². The number of H-pyrrole nitrogens is 1. The summed E-state index contributed by atoms with van der Waals surface area (Å²) < 4.78 is 1.98. The predicted molar refractivity (Wildman–Crippen MR) is 93.2 cm³/mol. The van der Waals surface area contributed by atoms with Crippen LogP contribution in [0.15, 0.2) is 30.3 Å². The molecule has 6 heteroatoms. The fraction of sp³-hybridized carbons (Fsp3) is 0.389. The molecule has 2 N–H and O–H groups in total. The molecule has 0 radical (unpaired) electrons. The van der Waals surface area contributed by atoms with Crippen molar-refractivity contribution in [1.82, 2.24) is 19.7 Å². The van der Waals surface area contributed by atoms with Gasteiger partial charge in [0.1, 0.15) is 0 Å². The Morgan fingerprint density at radius 3 is 2.71 bits per heavy atom. The van der Waals surface area contributed by atoms with Gasteiger partial charge in [0.25, 0.3) is 5.91 Å². The van der Waals surface area contributed by atoms with E-state index in [0.29, 0.717) is 17.6 Å². The molecule has 1 saturated carbocycles. The number of aromatic nitrogens is 4. The lowest BCUT2D eigenvalue weighted by Crippen LogP contribution is -2.25. The molecular weight excluding hydrogens is 302 g/mol. The lowest BCUT2D eigenvalue weighted by atomic mass is 10.1. The van der Waals surface area contributed by atoms with Gasteiger partial charge in [-0.3, -0.25) is 14.8 Å². The normalized spacial score (nSPS) is 15.0. The first-order valence-corrected chi connectivity index (χ1v) is 8.28. The average molecular weight is 323 g/mol. The number of benzene rings is 1. The van der Waals surface area contributed by atoms with E-state index in [9.17, 15) is 4.79 Å². The Balaban J connectivity index is 1.62. The van der Waals surface area contributed by atoms with Gasteiger partial charge in [-0.25, -0.2) is 4.98 Å². The zero-order chi connectivity index (χ0) is 16.9. The Bertz CT molecular complexity index is 878. The lowest BCUT2D eigenvalue weighted by molar-refractivity contribution is 0.102. The maximum Gasteiger partial charge on any atom is 0.278 e. The highest BCUT2D eigenvalue weighted by molar-refractivity contribution is 6.02. The number of carbonyl (C=O) groups is 1. The molecule has 124 valence electrons. The number of nitrogens with zero attached hydrogens (tertiary/aromatic N) is 3. The first-order chi connectivity index (χ1) is 11.4. The molecule has 0 atom stereocenters. The van der Waals surface area contributed by atoms with Crippen LogP contribution < -0.4 is 5.32 Å². The number of fused-ring (bicyclic) bond motifs is 1. The highest BCUT2D eigenvalue weighted by Gasteiger charge is 2.32. The first kappa shape index (κ1) is 14.9. The summed E-state index contributed by atoms with van der Waals surface area (Å²) in [7, 11) is 0. The molecular formula is C18H21N5O. The van der Waals surface area contributed by atoms with Gasteiger partial charge < -0.3 is 4.98 Å². The number of carbonyl (C=O) groups excluding carboxylic acids is 1. The van der Waals surface area contributed by atoms with Crippen LogP contribution in [0.4, 0.5) is 5.95 Å². The van der Waals surface area contributed by atoms with Crippen LogP contribution in [-0.4, -0.2) is 25.7 Å². The fourth-order valence-corrected chi connectivity index (χ4v) is 2.90. The Labute approximate surface area is 140 Å². The maximum atomic E-state index is 12.6. The van der Waals surface area contributed by atoms with Crippen molar-refractivity contribution in [2.24, 2.45) is 0 Å². The van der Waals surface area contributed by atoms with Gasteiger partial charge in [-0.15, -0.1) is 0 Å². The quantitative estimate of drug-likeness (QED) is 0.772. The van der Waals surface area contributed by atoms with E-state index in [-0.39, 0.29) is 11.4 Å². The van der Waals surface area contributed by atoms with E-state index in [1.54, 1.807) is 0 Å². The summed E-state index contributed by atoms with van der Waals surface area (Å²) in [5, 5.41) is 7.37. The van der Waals surface area contributed by atoms with E-state index >= 15 is 0 Å². The molecule has 0 bridgehead atoms. The van der Waals surface area contributed by atoms with E-state index in [2.05, 4.69) is 41.2 Å². The number of hydrogen-bond donors (Lipinski definition) is 2. The van der Waals surface area contributed by atoms with Gasteiger partial charge in [0.15, 0.2) is 5.69 Å². The number of imidazole rings is 1. The van der Waals surface area contributed by atoms with E-state index in [1.807, 2.05) is 35.0 Å². The van der Waals surface area contributed by atoms with E-state index in [1.165, 1.54) is 12.8 Å². The van der Waals surface area contributed by atoms with Crippen LogP contribution in [0.5, 0.6) is 0 Å². The standard InChI is InChI=1S/C18H21N5O/c1-18(2,3)23-15(11-8-9-11)10-14(22-23)16(24)21-17-19-12-6-4-5-7-13(12)20-17/h4-7,10-11H,8-9H2,1-3H3,(H2,19,20,21,24). The Hall–Kier alpha value is -2.63. The second-order valence-corrected chi connectivity index (χ2v) is 7.37. The van der Waals surface area contributed by atoms with Crippen LogP contribution in [0, 0.1) is 0 Å². The number of amides is 1. The molecule has 1 aromatic carbocycles. The van der Waals surface area contributed by atoms with Gasteiger partial charge in [0, 0.05) is 11.6 Å². The number of para-hydroxylation sites is 2. The molecule has 0 aliphatic heterocycles. The number of anilines is 1. The second-order valence-electron chi connectivity index (χ2n) is 7.37. The molecule has 0 spiro atoms. The number of rotatable bonds is 3. The van der Waals surface area contributed by atoms with Crippen molar-refractivity contribution < 1.29 is 4.79 Å². The summed E-state index contributed by atoms with van der Waals surface area (Å²) in [6, 6.07) is 9.60. The number of hydrogen-bond acceptors (Lipinski definition) is 3. The minimum absolute atomic E-state index is 0.143. The molecule has 0 unspecified atom stereocenters. The zero-order valence-electron chi connectivity index (χ0n) is 14.1. The van der Waals surface area contributed by atoms with Crippen molar-refractivity contribution >= 4 is 22.9 Å². The van der Waals surface area contributed by atoms with Gasteiger partial charge in [0.05, 0.1) is 16.6 Å². The third-order valence-corrected chi connectivity index (χ3v) is 4.22. The molecule has 1 aliphatic carbocycles. The van der Waals surface area contributed by atoms with Gasteiger partial charge >= 0.3 is 0 Å². The zero-order valence-corrected chi connectivity index (χ0v) is 14.1. The van der Waals surface area contributed by atoms with Crippen molar-refractivity contribution in [3.8, 4) is 0 Å². The van der Waals surface area contributed by atoms with Crippen LogP contribution in [0.3, 0.4) is 0 Å².